The summed E-state index contributed by atoms with van der Waals surface area (Å²) < 4.78 is 5.35. The van der Waals surface area contributed by atoms with Crippen LogP contribution in [0.2, 0.25) is 0 Å². The number of carbonyl (C=O) groups excluding carboxylic acids is 1. The first-order valence-electron chi connectivity index (χ1n) is 8.64. The number of pyridine rings is 1. The molecule has 27 heavy (non-hydrogen) atoms. The molecule has 1 heterocycles. The summed E-state index contributed by atoms with van der Waals surface area (Å²) in [5, 5.41) is 1.26. The monoisotopic (exact) mass is 355 g/mol. The van der Waals surface area contributed by atoms with Crippen molar-refractivity contribution >= 4 is 16.7 Å². The van der Waals surface area contributed by atoms with Crippen LogP contribution >= 0.6 is 0 Å². The largest absolute Gasteiger partial charge is 0.456 e. The van der Waals surface area contributed by atoms with Gasteiger partial charge in [0.25, 0.3) is 5.56 Å². The number of rotatable bonds is 4. The van der Waals surface area contributed by atoms with Crippen molar-refractivity contribution in [3.05, 3.63) is 107 Å². The zero-order chi connectivity index (χ0) is 18.6. The standard InChI is InChI=1S/C23H17NO3/c25-22-20-9-5-4-8-19(20)14-21(24-22)23(26)27-15-16-10-12-18(13-11-16)17-6-2-1-3-7-17/h1-14H,15H2,(H,24,25). The van der Waals surface area contributed by atoms with Crippen molar-refractivity contribution in [2.75, 3.05) is 0 Å². The van der Waals surface area contributed by atoms with Gasteiger partial charge < -0.3 is 9.72 Å². The van der Waals surface area contributed by atoms with Crippen molar-refractivity contribution in [2.45, 2.75) is 6.61 Å². The van der Waals surface area contributed by atoms with Crippen LogP contribution in [0.5, 0.6) is 0 Å². The number of nitrogens with one attached hydrogen (secondary N) is 1. The zero-order valence-electron chi connectivity index (χ0n) is 14.5. The maximum Gasteiger partial charge on any atom is 0.355 e. The lowest BCUT2D eigenvalue weighted by Crippen LogP contribution is -2.15. The number of hydrogen-bond donors (Lipinski definition) is 1. The van der Waals surface area contributed by atoms with E-state index in [1.54, 1.807) is 24.3 Å². The highest BCUT2D eigenvalue weighted by molar-refractivity contribution is 5.92. The van der Waals surface area contributed by atoms with Gasteiger partial charge in [-0.15, -0.1) is 0 Å². The average Bonchev–Trinajstić information content (AvgIpc) is 2.73. The summed E-state index contributed by atoms with van der Waals surface area (Å²) in [5.41, 5.74) is 2.97. The van der Waals surface area contributed by atoms with Gasteiger partial charge >= 0.3 is 5.97 Å². The molecule has 4 nitrogen and oxygen atoms in total. The van der Waals surface area contributed by atoms with Gasteiger partial charge in [-0.3, -0.25) is 4.79 Å². The van der Waals surface area contributed by atoms with Crippen molar-refractivity contribution in [3.8, 4) is 11.1 Å². The van der Waals surface area contributed by atoms with Gasteiger partial charge in [0.1, 0.15) is 12.3 Å². The van der Waals surface area contributed by atoms with Crippen molar-refractivity contribution in [1.82, 2.24) is 4.98 Å². The minimum atomic E-state index is -0.551. The topological polar surface area (TPSA) is 59.2 Å². The number of aromatic nitrogens is 1. The summed E-state index contributed by atoms with van der Waals surface area (Å²) in [4.78, 5) is 27.0. The number of hydrogen-bond acceptors (Lipinski definition) is 3. The summed E-state index contributed by atoms with van der Waals surface area (Å²) in [6, 6.07) is 26.7. The predicted molar refractivity (Wildman–Crippen MR) is 106 cm³/mol. The molecule has 4 aromatic rings. The van der Waals surface area contributed by atoms with E-state index in [9.17, 15) is 9.59 Å². The number of fused-ring (bicyclic) bond motifs is 1. The molecule has 4 rings (SSSR count). The Morgan fingerprint density at radius 1 is 0.815 bits per heavy atom. The van der Waals surface area contributed by atoms with Gasteiger partial charge in [0.2, 0.25) is 0 Å². The van der Waals surface area contributed by atoms with Crippen LogP contribution < -0.4 is 5.56 Å². The molecule has 4 heteroatoms. The van der Waals surface area contributed by atoms with Crippen LogP contribution in [0.25, 0.3) is 21.9 Å². The average molecular weight is 355 g/mol. The van der Waals surface area contributed by atoms with E-state index in [2.05, 4.69) is 4.98 Å². The van der Waals surface area contributed by atoms with Crippen LogP contribution in [0, 0.1) is 0 Å². The second kappa shape index (κ2) is 7.30. The normalized spacial score (nSPS) is 10.7. The Kier molecular flexibility index (Phi) is 4.54. The molecular formula is C23H17NO3. The van der Waals surface area contributed by atoms with E-state index in [-0.39, 0.29) is 17.9 Å². The smallest absolute Gasteiger partial charge is 0.355 e. The lowest BCUT2D eigenvalue weighted by atomic mass is 10.0. The van der Waals surface area contributed by atoms with Gasteiger partial charge in [0, 0.05) is 5.39 Å². The number of ether oxygens (including phenoxy) is 1. The highest BCUT2D eigenvalue weighted by atomic mass is 16.5. The molecule has 0 aliphatic carbocycles. The summed E-state index contributed by atoms with van der Waals surface area (Å²) in [6.07, 6.45) is 0. The van der Waals surface area contributed by atoms with Gasteiger partial charge in [0.05, 0.1) is 0 Å². The molecule has 0 radical (unpaired) electrons. The van der Waals surface area contributed by atoms with Gasteiger partial charge in [0.15, 0.2) is 0 Å². The van der Waals surface area contributed by atoms with E-state index in [0.717, 1.165) is 16.7 Å². The molecule has 0 saturated heterocycles. The van der Waals surface area contributed by atoms with Gasteiger partial charge in [-0.05, 0) is 34.2 Å². The van der Waals surface area contributed by atoms with Crippen LogP contribution in [0.3, 0.4) is 0 Å². The highest BCUT2D eigenvalue weighted by Gasteiger charge is 2.11. The lowest BCUT2D eigenvalue weighted by Gasteiger charge is -2.07. The molecule has 1 N–H and O–H groups in total. The van der Waals surface area contributed by atoms with E-state index in [1.165, 1.54) is 0 Å². The fraction of sp³-hybridized carbons (Fsp3) is 0.0435. The van der Waals surface area contributed by atoms with E-state index in [4.69, 9.17) is 4.74 Å². The molecule has 3 aromatic carbocycles. The Labute approximate surface area is 156 Å². The first-order valence-corrected chi connectivity index (χ1v) is 8.64. The summed E-state index contributed by atoms with van der Waals surface area (Å²) in [7, 11) is 0. The molecule has 0 spiro atoms. The Morgan fingerprint density at radius 3 is 2.26 bits per heavy atom. The van der Waals surface area contributed by atoms with Crippen molar-refractivity contribution in [3.63, 3.8) is 0 Å². The molecule has 0 bridgehead atoms. The summed E-state index contributed by atoms with van der Waals surface area (Å²) in [5.74, 6) is -0.551. The molecule has 0 atom stereocenters. The van der Waals surface area contributed by atoms with Crippen molar-refractivity contribution in [2.24, 2.45) is 0 Å². The third-order valence-electron chi connectivity index (χ3n) is 4.40. The lowest BCUT2D eigenvalue weighted by molar-refractivity contribution is 0.0465. The zero-order valence-corrected chi connectivity index (χ0v) is 14.5. The summed E-state index contributed by atoms with van der Waals surface area (Å²) in [6.45, 7) is 0.142. The number of aromatic amines is 1. The van der Waals surface area contributed by atoms with Crippen LogP contribution in [0.4, 0.5) is 0 Å². The Bertz CT molecular complexity index is 1150. The van der Waals surface area contributed by atoms with Gasteiger partial charge in [-0.1, -0.05) is 72.8 Å². The molecule has 0 saturated carbocycles. The molecule has 0 aliphatic heterocycles. The first-order chi connectivity index (χ1) is 13.2. The second-order valence-corrected chi connectivity index (χ2v) is 6.24. The minimum absolute atomic E-state index is 0.142. The molecular weight excluding hydrogens is 338 g/mol. The van der Waals surface area contributed by atoms with Crippen LogP contribution in [0.15, 0.2) is 89.7 Å². The molecule has 0 amide bonds. The van der Waals surface area contributed by atoms with Crippen LogP contribution in [-0.4, -0.2) is 11.0 Å². The Balaban J connectivity index is 1.47. The third kappa shape index (κ3) is 3.65. The van der Waals surface area contributed by atoms with Crippen LogP contribution in [0.1, 0.15) is 16.1 Å². The van der Waals surface area contributed by atoms with Crippen molar-refractivity contribution < 1.29 is 9.53 Å². The molecule has 0 aliphatic rings. The quantitative estimate of drug-likeness (QED) is 0.546. The fourth-order valence-corrected chi connectivity index (χ4v) is 2.97. The van der Waals surface area contributed by atoms with E-state index in [1.807, 2.05) is 60.7 Å². The highest BCUT2D eigenvalue weighted by Crippen LogP contribution is 2.19. The molecule has 132 valence electrons. The van der Waals surface area contributed by atoms with Crippen molar-refractivity contribution in [1.29, 1.82) is 0 Å². The third-order valence-corrected chi connectivity index (χ3v) is 4.40. The Morgan fingerprint density at radius 2 is 1.48 bits per heavy atom. The van der Waals surface area contributed by atoms with E-state index >= 15 is 0 Å². The SMILES string of the molecule is O=C(OCc1ccc(-c2ccccc2)cc1)c1cc2ccccc2c(=O)[nH]1. The van der Waals surface area contributed by atoms with Crippen LogP contribution in [-0.2, 0) is 11.3 Å². The maximum atomic E-state index is 12.3. The predicted octanol–water partition coefficient (Wildman–Crippen LogP) is 4.55. The molecule has 0 fully saturated rings. The Hall–Kier alpha value is -3.66. The minimum Gasteiger partial charge on any atom is -0.456 e. The van der Waals surface area contributed by atoms with E-state index < -0.39 is 5.97 Å². The fourth-order valence-electron chi connectivity index (χ4n) is 2.97. The number of H-pyrrole nitrogens is 1. The number of benzene rings is 3. The van der Waals surface area contributed by atoms with Gasteiger partial charge in [-0.25, -0.2) is 4.79 Å². The molecule has 0 unspecified atom stereocenters. The first kappa shape index (κ1) is 16.8. The molecule has 1 aromatic heterocycles. The van der Waals surface area contributed by atoms with E-state index in [0.29, 0.717) is 10.8 Å². The second-order valence-electron chi connectivity index (χ2n) is 6.24. The van der Waals surface area contributed by atoms with Gasteiger partial charge in [-0.2, -0.15) is 0 Å². The number of carbonyl (C=O) groups is 1. The number of esters is 1. The maximum absolute atomic E-state index is 12.3. The summed E-state index contributed by atoms with van der Waals surface area (Å²) >= 11 is 0.